The Hall–Kier alpha value is 1.86. The van der Waals surface area contributed by atoms with Crippen LogP contribution >= 0.6 is 67.5 Å². The van der Waals surface area contributed by atoms with Crippen molar-refractivity contribution in [1.29, 1.82) is 0 Å². The van der Waals surface area contributed by atoms with Crippen molar-refractivity contribution in [2.24, 2.45) is 0 Å². The summed E-state index contributed by atoms with van der Waals surface area (Å²) in [6.45, 7) is 1.42. The van der Waals surface area contributed by atoms with Gasteiger partial charge >= 0.3 is 36.7 Å². The summed E-state index contributed by atoms with van der Waals surface area (Å²) in [7, 11) is 9.87. The number of nitrogens with one attached hydrogen (secondary N) is 2. The van der Waals surface area contributed by atoms with E-state index in [4.69, 9.17) is 17.8 Å². The van der Waals surface area contributed by atoms with Crippen LogP contribution in [0.25, 0.3) is 0 Å². The van der Waals surface area contributed by atoms with E-state index in [1.54, 1.807) is 0 Å². The van der Waals surface area contributed by atoms with Gasteiger partial charge < -0.3 is 10.6 Å². The molecule has 0 rings (SSSR count). The maximum atomic E-state index is 4.93. The topological polar surface area (TPSA) is 24.1 Å². The van der Waals surface area contributed by atoms with E-state index in [0.29, 0.717) is 21.7 Å². The predicted octanol–water partition coefficient (Wildman–Crippen LogP) is 1.59. The van der Waals surface area contributed by atoms with Gasteiger partial charge in [-0.3, -0.25) is 0 Å². The van der Waals surface area contributed by atoms with E-state index in [1.807, 2.05) is 0 Å². The van der Waals surface area contributed by atoms with E-state index >= 15 is 0 Å². The first-order valence-corrected chi connectivity index (χ1v) is 11.9. The summed E-state index contributed by atoms with van der Waals surface area (Å²) in [4.78, 5) is 0. The maximum absolute atomic E-state index is 4.93. The molecule has 0 heterocycles. The Bertz CT molecular complexity index is 143. The molecule has 13 heavy (non-hydrogen) atoms. The predicted molar refractivity (Wildman–Crippen MR) is 76.6 cm³/mol. The summed E-state index contributed by atoms with van der Waals surface area (Å²) in [5.74, 6) is 0. The first-order valence-electron chi connectivity index (χ1n) is 2.94. The van der Waals surface area contributed by atoms with Gasteiger partial charge in [-0.2, -0.15) is 0 Å². The second-order valence-corrected chi connectivity index (χ2v) is 8.09. The molecule has 0 saturated carbocycles. The molecule has 0 aromatic rings. The second kappa shape index (κ2) is 13.9. The van der Waals surface area contributed by atoms with Crippen molar-refractivity contribution in [3.05, 3.63) is 0 Å². The molecule has 9 heteroatoms. The Morgan fingerprint density at radius 2 is 1.31 bits per heavy atom. The van der Waals surface area contributed by atoms with Gasteiger partial charge in [0.25, 0.3) is 0 Å². The molecule has 0 aliphatic rings. The molecule has 0 bridgehead atoms. The summed E-state index contributed by atoms with van der Waals surface area (Å²) in [6, 6.07) is 0. The number of hydrogen-bond donors (Lipinski definition) is 4. The summed E-state index contributed by atoms with van der Waals surface area (Å²) >= 11 is 16.2. The summed E-state index contributed by atoms with van der Waals surface area (Å²) in [6.07, 6.45) is 0. The fourth-order valence-corrected chi connectivity index (χ4v) is 0.767. The van der Waals surface area contributed by atoms with Crippen LogP contribution in [0.1, 0.15) is 0 Å². The van der Waals surface area contributed by atoms with Crippen molar-refractivity contribution in [3.8, 4) is 0 Å². The third kappa shape index (κ3) is 24.8. The number of rotatable bonds is 3. The molecule has 0 amide bonds. The van der Waals surface area contributed by atoms with Gasteiger partial charge in [0, 0.05) is 13.1 Å². The first kappa shape index (κ1) is 17.3. The van der Waals surface area contributed by atoms with E-state index in [1.165, 1.54) is 0 Å². The van der Waals surface area contributed by atoms with Crippen molar-refractivity contribution in [2.75, 3.05) is 13.1 Å². The van der Waals surface area contributed by atoms with Crippen LogP contribution in [-0.4, -0.2) is 40.6 Å². The molecule has 2 N–H and O–H groups in total. The standard InChI is InChI=1S/C4H8N2S4.2ClH.Sn/c7-3(8)5-1-2-6-4(9)10;;;/h1-2H2,(H2,5,7,8)(H2,6,9,10);2*1H;/q;;;+2/p-2. The minimum atomic E-state index is -0.826. The molecule has 0 aliphatic heterocycles. The average molecular weight is 402 g/mol. The van der Waals surface area contributed by atoms with E-state index in [0.717, 1.165) is 0 Å². The van der Waals surface area contributed by atoms with E-state index in [9.17, 15) is 0 Å². The monoisotopic (exact) mass is 402 g/mol. The van der Waals surface area contributed by atoms with Crippen LogP contribution in [0.2, 0.25) is 0 Å². The van der Waals surface area contributed by atoms with Gasteiger partial charge in [0.1, 0.15) is 8.64 Å². The third-order valence-corrected chi connectivity index (χ3v) is 1.28. The number of thiocarbonyl (C=S) groups is 2. The zero-order chi connectivity index (χ0) is 10.7. The number of halogens is 2. The Morgan fingerprint density at radius 3 is 1.46 bits per heavy atom. The molecule has 0 saturated heterocycles. The molecule has 2 nitrogen and oxygen atoms in total. The van der Waals surface area contributed by atoms with Gasteiger partial charge in [-0.1, -0.05) is 24.4 Å². The van der Waals surface area contributed by atoms with E-state index < -0.39 is 18.9 Å². The van der Waals surface area contributed by atoms with Crippen molar-refractivity contribution in [1.82, 2.24) is 10.6 Å². The average Bonchev–Trinajstić information content (AvgIpc) is 1.99. The van der Waals surface area contributed by atoms with Gasteiger partial charge in [0.2, 0.25) is 0 Å². The van der Waals surface area contributed by atoms with Gasteiger partial charge in [-0.15, -0.1) is 25.3 Å². The Kier molecular flexibility index (Phi) is 18.4. The third-order valence-electron chi connectivity index (χ3n) is 0.677. The fraction of sp³-hybridized carbons (Fsp3) is 0.500. The number of thiol groups is 2. The Morgan fingerprint density at radius 1 is 1.08 bits per heavy atom. The Labute approximate surface area is 117 Å². The molecule has 0 atom stereocenters. The molecular formula is C4H8Cl2N2S4Sn. The first-order chi connectivity index (χ1) is 6.04. The zero-order valence-electron chi connectivity index (χ0n) is 6.38. The van der Waals surface area contributed by atoms with Crippen LogP contribution in [0.15, 0.2) is 0 Å². The van der Waals surface area contributed by atoms with E-state index in [-0.39, 0.29) is 0 Å². The Balaban J connectivity index is 0. The van der Waals surface area contributed by atoms with Crippen LogP contribution in [0.3, 0.4) is 0 Å². The van der Waals surface area contributed by atoms with Gasteiger partial charge in [-0.05, 0) is 0 Å². The van der Waals surface area contributed by atoms with Crippen LogP contribution in [0, 0.1) is 0 Å². The van der Waals surface area contributed by atoms with Crippen LogP contribution in [0.4, 0.5) is 0 Å². The molecular weight excluding hydrogens is 394 g/mol. The normalized spacial score (nSPS) is 8.00. The molecule has 2 radical (unpaired) electrons. The quantitative estimate of drug-likeness (QED) is 0.250. The molecule has 0 fully saturated rings. The van der Waals surface area contributed by atoms with Crippen molar-refractivity contribution in [3.63, 3.8) is 0 Å². The SMILES string of the molecule is S=C(S)NCCNC(=S)S.[Cl][Sn][Cl]. The molecule has 0 aliphatic carbocycles. The van der Waals surface area contributed by atoms with Crippen LogP contribution in [-0.2, 0) is 0 Å². The summed E-state index contributed by atoms with van der Waals surface area (Å²) in [5, 5.41) is 5.68. The molecule has 0 unspecified atom stereocenters. The van der Waals surface area contributed by atoms with Gasteiger partial charge in [0.15, 0.2) is 0 Å². The fourth-order valence-electron chi connectivity index (χ4n) is 0.339. The van der Waals surface area contributed by atoms with Gasteiger partial charge in [-0.25, -0.2) is 0 Å². The van der Waals surface area contributed by atoms with E-state index in [2.05, 4.69) is 60.3 Å². The van der Waals surface area contributed by atoms with Gasteiger partial charge in [0.05, 0.1) is 0 Å². The summed E-state index contributed by atoms with van der Waals surface area (Å²) < 4.78 is 0.985. The minimum absolute atomic E-state index is 0.492. The van der Waals surface area contributed by atoms with Crippen molar-refractivity contribution < 1.29 is 0 Å². The second-order valence-electron chi connectivity index (χ2n) is 1.54. The summed E-state index contributed by atoms with van der Waals surface area (Å²) in [5.41, 5.74) is 0. The van der Waals surface area contributed by atoms with Crippen LogP contribution < -0.4 is 10.6 Å². The molecule has 0 spiro atoms. The number of hydrogen-bond acceptors (Lipinski definition) is 2. The van der Waals surface area contributed by atoms with Crippen molar-refractivity contribution in [2.45, 2.75) is 0 Å². The molecule has 0 aromatic carbocycles. The molecule has 0 aromatic heterocycles. The zero-order valence-corrected chi connectivity index (χ0v) is 14.2. The molecule has 76 valence electrons. The van der Waals surface area contributed by atoms with Crippen LogP contribution in [0.5, 0.6) is 0 Å². The van der Waals surface area contributed by atoms with Crippen molar-refractivity contribution >= 4 is 95.1 Å².